The molecule has 14 nitrogen and oxygen atoms in total. The second kappa shape index (κ2) is 5.14. The Morgan fingerprint density at radius 1 is 0.406 bits per heavy atom. The quantitative estimate of drug-likeness (QED) is 0.135. The van der Waals surface area contributed by atoms with Gasteiger partial charge in [-0.2, -0.15) is 0 Å². The first-order valence-electron chi connectivity index (χ1n) is 9.34. The Hall–Kier alpha value is -4.24. The van der Waals surface area contributed by atoms with Crippen molar-refractivity contribution in [1.29, 1.82) is 0 Å². The van der Waals surface area contributed by atoms with Crippen molar-refractivity contribution in [2.45, 2.75) is 11.3 Å². The molecule has 0 aromatic heterocycles. The minimum Gasteiger partial charge on any atom is -0.782 e. The van der Waals surface area contributed by atoms with Crippen LogP contribution in [0, 0.1) is 5.21 Å². The average Bonchev–Trinajstić information content (AvgIpc) is 3.04. The van der Waals surface area contributed by atoms with Gasteiger partial charge in [-0.15, -0.1) is 0 Å². The Kier molecular flexibility index (Phi) is 3.17. The van der Waals surface area contributed by atoms with Crippen LogP contribution in [0.4, 0.5) is 56.9 Å². The van der Waals surface area contributed by atoms with Gasteiger partial charge in [-0.05, 0) is 0 Å². The summed E-state index contributed by atoms with van der Waals surface area (Å²) >= 11 is 0. The van der Waals surface area contributed by atoms with Crippen LogP contribution in [0.25, 0.3) is 10.8 Å². The molecule has 0 saturated carbocycles. The minimum atomic E-state index is -2.00. The van der Waals surface area contributed by atoms with Crippen molar-refractivity contribution in [3.63, 3.8) is 0 Å². The van der Waals surface area contributed by atoms with Crippen LogP contribution in [0.15, 0.2) is 0 Å². The molecule has 2 heterocycles. The number of anilines is 10. The molecule has 2 atom stereocenters. The third kappa shape index (κ3) is 1.59. The first-order chi connectivity index (χ1) is 14.7. The molecule has 0 amide bonds. The van der Waals surface area contributed by atoms with Gasteiger partial charge in [-0.25, -0.2) is 0 Å². The number of rotatable bonds is 0. The van der Waals surface area contributed by atoms with Crippen LogP contribution in [-0.4, -0.2) is 5.06 Å². The zero-order valence-corrected chi connectivity index (χ0v) is 16.8. The molecule has 0 saturated heterocycles. The number of nitrogen functional groups attached to an aromatic ring is 10. The van der Waals surface area contributed by atoms with E-state index in [1.54, 1.807) is 0 Å². The van der Waals surface area contributed by atoms with E-state index in [2.05, 4.69) is 0 Å². The second-order valence-corrected chi connectivity index (χ2v) is 8.21. The van der Waals surface area contributed by atoms with E-state index in [0.717, 1.165) is 0 Å². The van der Waals surface area contributed by atoms with Crippen molar-refractivity contribution < 1.29 is 0 Å². The van der Waals surface area contributed by atoms with Gasteiger partial charge < -0.3 is 79.1 Å². The maximum atomic E-state index is 13.7. The summed E-state index contributed by atoms with van der Waals surface area (Å²) in [4.78, 5) is 0. The molecule has 3 aromatic carbocycles. The lowest BCUT2D eigenvalue weighted by Crippen LogP contribution is -2.51. The van der Waals surface area contributed by atoms with Crippen molar-refractivity contribution in [3.05, 3.63) is 27.5 Å². The SMILES string of the molecule is Nc1c(N)c(N)c2c(c1N)[C@@]1(N)c3c(c(N)c4c(N)c(N)c(N)c(N)c4c3N)[C@]2(N)N1[O-]. The highest BCUT2D eigenvalue weighted by atomic mass is 16.5. The maximum Gasteiger partial charge on any atom is 0.117 e. The first kappa shape index (κ1) is 19.7. The number of hydrogen-bond acceptors (Lipinski definition) is 14. The summed E-state index contributed by atoms with van der Waals surface area (Å²) in [5.41, 5.74) is 71.7. The fourth-order valence-corrected chi connectivity index (χ4v) is 5.25. The van der Waals surface area contributed by atoms with Crippen molar-refractivity contribution in [3.8, 4) is 0 Å². The molecule has 0 radical (unpaired) electrons. The van der Waals surface area contributed by atoms with Crippen molar-refractivity contribution in [2.24, 2.45) is 11.5 Å². The third-order valence-corrected chi connectivity index (χ3v) is 6.81. The summed E-state index contributed by atoms with van der Waals surface area (Å²) in [6, 6.07) is 0. The number of benzene rings is 3. The van der Waals surface area contributed by atoms with E-state index in [4.69, 9.17) is 68.8 Å². The van der Waals surface area contributed by atoms with Crippen LogP contribution >= 0.6 is 0 Å². The highest BCUT2D eigenvalue weighted by molar-refractivity contribution is 6.22. The summed E-state index contributed by atoms with van der Waals surface area (Å²) in [5.74, 6) is 0. The van der Waals surface area contributed by atoms with E-state index in [9.17, 15) is 5.21 Å². The highest BCUT2D eigenvalue weighted by Crippen LogP contribution is 2.67. The van der Waals surface area contributed by atoms with Gasteiger partial charge in [0.25, 0.3) is 0 Å². The molecule has 168 valence electrons. The summed E-state index contributed by atoms with van der Waals surface area (Å²) < 4.78 is 0. The minimum absolute atomic E-state index is 0.00482. The highest BCUT2D eigenvalue weighted by Gasteiger charge is 2.64. The molecule has 14 heteroatoms. The molecule has 2 aliphatic rings. The molecular formula is C18H24N13O-. The first-order valence-corrected chi connectivity index (χ1v) is 9.34. The van der Waals surface area contributed by atoms with Gasteiger partial charge in [-0.3, -0.25) is 0 Å². The van der Waals surface area contributed by atoms with E-state index in [1.165, 1.54) is 0 Å². The molecule has 32 heavy (non-hydrogen) atoms. The normalized spacial score (nSPS) is 23.6. The van der Waals surface area contributed by atoms with Crippen LogP contribution in [0.2, 0.25) is 0 Å². The lowest BCUT2D eigenvalue weighted by atomic mass is 9.74. The lowest BCUT2D eigenvalue weighted by molar-refractivity contribution is 0.151. The topological polar surface area (TPSA) is 339 Å². The van der Waals surface area contributed by atoms with Gasteiger partial charge in [0.1, 0.15) is 11.3 Å². The Morgan fingerprint density at radius 2 is 0.656 bits per heavy atom. The van der Waals surface area contributed by atoms with Gasteiger partial charge in [0, 0.05) is 44.4 Å². The van der Waals surface area contributed by atoms with Crippen LogP contribution in [0.3, 0.4) is 0 Å². The Morgan fingerprint density at radius 3 is 0.969 bits per heavy atom. The summed E-state index contributed by atoms with van der Waals surface area (Å²) in [7, 11) is 0. The fourth-order valence-electron chi connectivity index (χ4n) is 5.25. The Bertz CT molecular complexity index is 1330. The molecule has 2 aliphatic heterocycles. The molecule has 3 aromatic rings. The standard InChI is InChI=1S/C18H24N13O/c19-7-1-2(10(22)14(26)13(25)9(1)21)8(20)4-3(7)17(29)5-6(18(4,30)31(17)32)12(24)16(28)15(27)11(5)23/h19-30H2/q-1/t17-,18+. The smallest absolute Gasteiger partial charge is 0.117 e. The molecule has 24 N–H and O–H groups in total. The van der Waals surface area contributed by atoms with Gasteiger partial charge >= 0.3 is 0 Å². The van der Waals surface area contributed by atoms with E-state index in [-0.39, 0.29) is 89.9 Å². The summed E-state index contributed by atoms with van der Waals surface area (Å²) in [5, 5.41) is 14.5. The predicted octanol–water partition coefficient (Wildman–Crippen LogP) is -1.89. The van der Waals surface area contributed by atoms with E-state index in [0.29, 0.717) is 5.06 Å². The predicted molar refractivity (Wildman–Crippen MR) is 130 cm³/mol. The van der Waals surface area contributed by atoms with Crippen LogP contribution < -0.4 is 68.8 Å². The third-order valence-electron chi connectivity index (χ3n) is 6.81. The largest absolute Gasteiger partial charge is 0.782 e. The second-order valence-electron chi connectivity index (χ2n) is 8.21. The van der Waals surface area contributed by atoms with E-state index >= 15 is 0 Å². The van der Waals surface area contributed by atoms with Crippen molar-refractivity contribution in [1.82, 2.24) is 5.06 Å². The van der Waals surface area contributed by atoms with Gasteiger partial charge in [-0.1, -0.05) is 0 Å². The monoisotopic (exact) mass is 438 g/mol. The molecule has 2 bridgehead atoms. The van der Waals surface area contributed by atoms with Gasteiger partial charge in [0.05, 0.1) is 45.5 Å². The van der Waals surface area contributed by atoms with Gasteiger partial charge in [0.15, 0.2) is 0 Å². The van der Waals surface area contributed by atoms with Gasteiger partial charge in [0.2, 0.25) is 0 Å². The summed E-state index contributed by atoms with van der Waals surface area (Å²) in [6.07, 6.45) is 0. The van der Waals surface area contributed by atoms with Crippen molar-refractivity contribution in [2.75, 3.05) is 57.3 Å². The van der Waals surface area contributed by atoms with E-state index < -0.39 is 11.3 Å². The zero-order valence-electron chi connectivity index (χ0n) is 16.8. The number of hydroxylamine groups is 2. The maximum absolute atomic E-state index is 13.7. The molecule has 5 rings (SSSR count). The van der Waals surface area contributed by atoms with Crippen LogP contribution in [-0.2, 0) is 11.3 Å². The molecule has 0 spiro atoms. The average molecular weight is 438 g/mol. The number of nitrogens with zero attached hydrogens (tertiary/aromatic N) is 1. The molecule has 0 fully saturated rings. The van der Waals surface area contributed by atoms with Crippen molar-refractivity contribution >= 4 is 67.6 Å². The zero-order chi connectivity index (χ0) is 23.8. The van der Waals surface area contributed by atoms with Crippen LogP contribution in [0.5, 0.6) is 0 Å². The fraction of sp³-hybridized carbons (Fsp3) is 0.111. The number of nitrogens with two attached hydrogens (primary N) is 12. The van der Waals surface area contributed by atoms with Crippen LogP contribution in [0.1, 0.15) is 22.3 Å². The number of hydrogen-bond donors (Lipinski definition) is 12. The Labute approximate surface area is 180 Å². The molecular weight excluding hydrogens is 414 g/mol. The lowest BCUT2D eigenvalue weighted by Gasteiger charge is -2.41. The van der Waals surface area contributed by atoms with E-state index in [1.807, 2.05) is 0 Å². The molecule has 0 unspecified atom stereocenters. The summed E-state index contributed by atoms with van der Waals surface area (Å²) in [6.45, 7) is 0. The molecule has 0 aliphatic carbocycles. The Balaban J connectivity index is 2.09. The number of fused-ring (bicyclic) bond motifs is 9.